The molecule has 1 aliphatic rings. The second-order valence-corrected chi connectivity index (χ2v) is 5.55. The first-order chi connectivity index (χ1) is 8.81. The first kappa shape index (κ1) is 15.2. The van der Waals surface area contributed by atoms with Gasteiger partial charge in [-0.15, -0.1) is 0 Å². The number of rotatable bonds is 3. The number of allylic oxidation sites excluding steroid dienone is 2. The van der Waals surface area contributed by atoms with Crippen LogP contribution < -0.4 is 16.8 Å². The molecule has 5 N–H and O–H groups in total. The van der Waals surface area contributed by atoms with Crippen molar-refractivity contribution < 1.29 is 9.53 Å². The highest BCUT2D eigenvalue weighted by Crippen LogP contribution is 2.14. The topological polar surface area (TPSA) is 93.6 Å². The Balaban J connectivity index is 2.42. The van der Waals surface area contributed by atoms with Crippen molar-refractivity contribution in [2.75, 3.05) is 13.1 Å². The van der Waals surface area contributed by atoms with Gasteiger partial charge < -0.3 is 26.4 Å². The second kappa shape index (κ2) is 6.36. The Hall–Kier alpha value is -1.85. The maximum atomic E-state index is 11.6. The van der Waals surface area contributed by atoms with E-state index in [9.17, 15) is 4.79 Å². The fourth-order valence-corrected chi connectivity index (χ4v) is 1.85. The van der Waals surface area contributed by atoms with Crippen LogP contribution in [0.5, 0.6) is 0 Å². The van der Waals surface area contributed by atoms with E-state index in [1.165, 1.54) is 6.20 Å². The van der Waals surface area contributed by atoms with Crippen molar-refractivity contribution in [2.45, 2.75) is 38.8 Å². The Morgan fingerprint density at radius 1 is 1.47 bits per heavy atom. The normalized spacial score (nSPS) is 20.9. The average Bonchev–Trinajstić information content (AvgIpc) is 2.71. The summed E-state index contributed by atoms with van der Waals surface area (Å²) in [4.78, 5) is 13.6. The minimum absolute atomic E-state index is 0.0589. The molecule has 0 aromatic carbocycles. The van der Waals surface area contributed by atoms with Crippen molar-refractivity contribution in [1.82, 2.24) is 10.2 Å². The number of nitrogens with zero attached hydrogens (tertiary/aromatic N) is 1. The molecule has 0 spiro atoms. The third-order valence-corrected chi connectivity index (χ3v) is 2.65. The summed E-state index contributed by atoms with van der Waals surface area (Å²) >= 11 is 0. The van der Waals surface area contributed by atoms with Crippen LogP contribution in [0, 0.1) is 0 Å². The van der Waals surface area contributed by atoms with Gasteiger partial charge in [0.05, 0.1) is 11.9 Å². The van der Waals surface area contributed by atoms with Gasteiger partial charge in [-0.3, -0.25) is 0 Å². The number of likely N-dealkylation sites (tertiary alicyclic amines) is 1. The number of amides is 1. The quantitative estimate of drug-likeness (QED) is 0.660. The molecule has 1 atom stereocenters. The molecule has 19 heavy (non-hydrogen) atoms. The third kappa shape index (κ3) is 5.54. The number of nitrogens with two attached hydrogens (primary N) is 2. The Labute approximate surface area is 114 Å². The zero-order valence-corrected chi connectivity index (χ0v) is 11.8. The predicted molar refractivity (Wildman–Crippen MR) is 74.9 cm³/mol. The van der Waals surface area contributed by atoms with E-state index in [1.54, 1.807) is 12.2 Å². The van der Waals surface area contributed by atoms with Crippen LogP contribution in [0.3, 0.4) is 0 Å². The molecular formula is C13H24N4O2. The number of carbonyl (C=O) groups excluding carboxylic acids is 1. The summed E-state index contributed by atoms with van der Waals surface area (Å²) in [6.07, 6.45) is 5.32. The molecule has 0 radical (unpaired) electrons. The van der Waals surface area contributed by atoms with Crippen LogP contribution in [-0.2, 0) is 4.74 Å². The van der Waals surface area contributed by atoms with E-state index in [1.807, 2.05) is 25.7 Å². The smallest absolute Gasteiger partial charge is 0.407 e. The van der Waals surface area contributed by atoms with E-state index in [0.717, 1.165) is 13.0 Å². The van der Waals surface area contributed by atoms with E-state index < -0.39 is 5.60 Å². The molecule has 6 heteroatoms. The molecule has 1 unspecified atom stereocenters. The van der Waals surface area contributed by atoms with Crippen LogP contribution in [0.4, 0.5) is 4.79 Å². The lowest BCUT2D eigenvalue weighted by Gasteiger charge is -2.22. The molecule has 1 aliphatic heterocycles. The minimum atomic E-state index is -0.479. The highest BCUT2D eigenvalue weighted by Gasteiger charge is 2.26. The second-order valence-electron chi connectivity index (χ2n) is 5.55. The standard InChI is InChI=1S/C13H24N4O2/c1-13(2,3)19-12(18)16-10-6-8-17(9-10)11(15)5-4-7-14/h4-5,7,10H,6,8-9,14-15H2,1-3H3,(H,16,18)/b7-4-,11-5+. The zero-order valence-electron chi connectivity index (χ0n) is 11.8. The Morgan fingerprint density at radius 3 is 2.74 bits per heavy atom. The van der Waals surface area contributed by atoms with Crippen LogP contribution in [0.2, 0.25) is 0 Å². The van der Waals surface area contributed by atoms with Gasteiger partial charge in [-0.25, -0.2) is 4.79 Å². The van der Waals surface area contributed by atoms with Crippen LogP contribution in [0.25, 0.3) is 0 Å². The van der Waals surface area contributed by atoms with Gasteiger partial charge in [0.2, 0.25) is 0 Å². The van der Waals surface area contributed by atoms with Crippen LogP contribution >= 0.6 is 0 Å². The monoisotopic (exact) mass is 268 g/mol. The van der Waals surface area contributed by atoms with Gasteiger partial charge in [-0.05, 0) is 45.5 Å². The summed E-state index contributed by atoms with van der Waals surface area (Å²) < 4.78 is 5.22. The molecule has 1 rings (SSSR count). The summed E-state index contributed by atoms with van der Waals surface area (Å²) in [6.45, 7) is 7.01. The molecule has 1 fully saturated rings. The number of carbonyl (C=O) groups is 1. The maximum Gasteiger partial charge on any atom is 0.407 e. The first-order valence-electron chi connectivity index (χ1n) is 6.40. The largest absolute Gasteiger partial charge is 0.444 e. The lowest BCUT2D eigenvalue weighted by molar-refractivity contribution is 0.0506. The first-order valence-corrected chi connectivity index (χ1v) is 6.40. The highest BCUT2D eigenvalue weighted by atomic mass is 16.6. The Morgan fingerprint density at radius 2 is 2.16 bits per heavy atom. The van der Waals surface area contributed by atoms with Gasteiger partial charge in [0.15, 0.2) is 0 Å². The summed E-state index contributed by atoms with van der Waals surface area (Å²) in [5.41, 5.74) is 10.7. The third-order valence-electron chi connectivity index (χ3n) is 2.65. The van der Waals surface area contributed by atoms with E-state index in [2.05, 4.69) is 5.32 Å². The van der Waals surface area contributed by atoms with Crippen molar-refractivity contribution in [3.63, 3.8) is 0 Å². The molecule has 1 saturated heterocycles. The van der Waals surface area contributed by atoms with Crippen molar-refractivity contribution in [3.8, 4) is 0 Å². The molecule has 0 aromatic rings. The molecule has 0 bridgehead atoms. The average molecular weight is 268 g/mol. The van der Waals surface area contributed by atoms with E-state index in [-0.39, 0.29) is 12.1 Å². The predicted octanol–water partition coefficient (Wildman–Crippen LogP) is 0.858. The molecule has 0 aromatic heterocycles. The molecular weight excluding hydrogens is 244 g/mol. The highest BCUT2D eigenvalue weighted by molar-refractivity contribution is 5.68. The van der Waals surface area contributed by atoms with E-state index in [4.69, 9.17) is 16.2 Å². The van der Waals surface area contributed by atoms with Crippen LogP contribution in [-0.4, -0.2) is 35.7 Å². The SMILES string of the molecule is CC(C)(C)OC(=O)NC1CCN(/C(N)=C/C=C\N)C1. The molecule has 0 saturated carbocycles. The van der Waals surface area contributed by atoms with Crippen molar-refractivity contribution in [1.29, 1.82) is 0 Å². The van der Waals surface area contributed by atoms with E-state index in [0.29, 0.717) is 12.4 Å². The van der Waals surface area contributed by atoms with Gasteiger partial charge in [0.25, 0.3) is 0 Å². The number of nitrogens with one attached hydrogen (secondary N) is 1. The number of ether oxygens (including phenoxy) is 1. The summed E-state index contributed by atoms with van der Waals surface area (Å²) in [6, 6.07) is 0.0589. The zero-order chi connectivity index (χ0) is 14.5. The maximum absolute atomic E-state index is 11.6. The van der Waals surface area contributed by atoms with Crippen LogP contribution in [0.15, 0.2) is 24.2 Å². The molecule has 6 nitrogen and oxygen atoms in total. The van der Waals surface area contributed by atoms with Crippen molar-refractivity contribution in [2.24, 2.45) is 11.5 Å². The fraction of sp³-hybridized carbons (Fsp3) is 0.615. The number of hydrogen-bond donors (Lipinski definition) is 3. The van der Waals surface area contributed by atoms with E-state index >= 15 is 0 Å². The Kier molecular flexibility index (Phi) is 5.09. The van der Waals surface area contributed by atoms with Crippen LogP contribution in [0.1, 0.15) is 27.2 Å². The summed E-state index contributed by atoms with van der Waals surface area (Å²) in [5, 5.41) is 2.85. The lowest BCUT2D eigenvalue weighted by atomic mass is 10.2. The molecule has 108 valence electrons. The number of alkyl carbamates (subject to hydrolysis) is 1. The molecule has 1 amide bonds. The lowest BCUT2D eigenvalue weighted by Crippen LogP contribution is -2.40. The summed E-state index contributed by atoms with van der Waals surface area (Å²) in [5.74, 6) is 0.648. The Bertz CT molecular complexity index is 371. The minimum Gasteiger partial charge on any atom is -0.444 e. The molecule has 1 heterocycles. The van der Waals surface area contributed by atoms with Gasteiger partial charge in [0, 0.05) is 13.1 Å². The fourth-order valence-electron chi connectivity index (χ4n) is 1.85. The van der Waals surface area contributed by atoms with Gasteiger partial charge in [-0.2, -0.15) is 0 Å². The van der Waals surface area contributed by atoms with Crippen molar-refractivity contribution in [3.05, 3.63) is 24.2 Å². The molecule has 0 aliphatic carbocycles. The van der Waals surface area contributed by atoms with Gasteiger partial charge >= 0.3 is 6.09 Å². The summed E-state index contributed by atoms with van der Waals surface area (Å²) in [7, 11) is 0. The number of hydrogen-bond acceptors (Lipinski definition) is 5. The van der Waals surface area contributed by atoms with Crippen molar-refractivity contribution >= 4 is 6.09 Å². The van der Waals surface area contributed by atoms with Gasteiger partial charge in [-0.1, -0.05) is 0 Å². The van der Waals surface area contributed by atoms with Gasteiger partial charge in [0.1, 0.15) is 5.60 Å².